The first-order valence-electron chi connectivity index (χ1n) is 4.57. The lowest BCUT2D eigenvalue weighted by atomic mass is 10.2. The average Bonchev–Trinajstić information content (AvgIpc) is 2.00. The maximum absolute atomic E-state index is 10.6. The first-order chi connectivity index (χ1) is 5.87. The van der Waals surface area contributed by atoms with Crippen molar-refractivity contribution in [2.24, 2.45) is 5.14 Å². The summed E-state index contributed by atoms with van der Waals surface area (Å²) < 4.78 is 21.2. The van der Waals surface area contributed by atoms with E-state index in [1.54, 1.807) is 0 Å². The molecular weight excluding hydrogens is 188 g/mol. The predicted molar refractivity (Wildman–Crippen MR) is 55.0 cm³/mol. The van der Waals surface area contributed by atoms with Crippen molar-refractivity contribution in [1.29, 1.82) is 0 Å². The van der Waals surface area contributed by atoms with E-state index in [1.165, 1.54) is 0 Å². The van der Waals surface area contributed by atoms with Crippen molar-refractivity contribution in [1.82, 2.24) is 4.90 Å². The highest BCUT2D eigenvalue weighted by Crippen LogP contribution is 2.01. The Balaban J connectivity index is 3.65. The highest BCUT2D eigenvalue weighted by atomic mass is 32.2. The van der Waals surface area contributed by atoms with Crippen molar-refractivity contribution in [2.75, 3.05) is 19.3 Å². The van der Waals surface area contributed by atoms with E-state index in [4.69, 9.17) is 5.14 Å². The van der Waals surface area contributed by atoms with E-state index in [1.807, 2.05) is 7.05 Å². The van der Waals surface area contributed by atoms with Gasteiger partial charge in [-0.15, -0.1) is 0 Å². The fraction of sp³-hybridized carbons (Fsp3) is 1.00. The van der Waals surface area contributed by atoms with Crippen molar-refractivity contribution < 1.29 is 8.42 Å². The molecule has 80 valence electrons. The number of hydrogen-bond donors (Lipinski definition) is 1. The maximum Gasteiger partial charge on any atom is 0.209 e. The van der Waals surface area contributed by atoms with Gasteiger partial charge in [0.1, 0.15) is 0 Å². The molecule has 4 nitrogen and oxygen atoms in total. The first kappa shape index (κ1) is 12.9. The van der Waals surface area contributed by atoms with E-state index in [-0.39, 0.29) is 5.75 Å². The molecule has 0 aromatic carbocycles. The van der Waals surface area contributed by atoms with Crippen LogP contribution in [0.2, 0.25) is 0 Å². The summed E-state index contributed by atoms with van der Waals surface area (Å²) in [5, 5.41) is 4.88. The number of primary sulfonamides is 1. The Morgan fingerprint density at radius 2 is 2.00 bits per heavy atom. The zero-order valence-corrected chi connectivity index (χ0v) is 9.47. The van der Waals surface area contributed by atoms with Crippen LogP contribution >= 0.6 is 0 Å². The third kappa shape index (κ3) is 6.98. The SMILES string of the molecule is CCC(C)N(C)CCCS(N)(=O)=O. The molecule has 0 aliphatic heterocycles. The van der Waals surface area contributed by atoms with Gasteiger partial charge in [-0.05, 0) is 33.4 Å². The van der Waals surface area contributed by atoms with E-state index in [0.29, 0.717) is 12.5 Å². The van der Waals surface area contributed by atoms with Gasteiger partial charge in [-0.1, -0.05) is 6.92 Å². The number of hydrogen-bond acceptors (Lipinski definition) is 3. The van der Waals surface area contributed by atoms with Crippen molar-refractivity contribution >= 4 is 10.0 Å². The van der Waals surface area contributed by atoms with Crippen molar-refractivity contribution in [2.45, 2.75) is 32.7 Å². The van der Waals surface area contributed by atoms with Crippen molar-refractivity contribution in [3.63, 3.8) is 0 Å². The molecule has 0 aliphatic carbocycles. The molecule has 2 N–H and O–H groups in total. The Labute approximate surface area is 81.2 Å². The van der Waals surface area contributed by atoms with Gasteiger partial charge in [0.25, 0.3) is 0 Å². The zero-order valence-electron chi connectivity index (χ0n) is 8.66. The van der Waals surface area contributed by atoms with Crippen LogP contribution in [0.3, 0.4) is 0 Å². The predicted octanol–water partition coefficient (Wildman–Crippen LogP) is 0.395. The molecule has 0 aliphatic rings. The Kier molecular flexibility index (Phi) is 5.51. The lowest BCUT2D eigenvalue weighted by Crippen LogP contribution is -2.31. The summed E-state index contributed by atoms with van der Waals surface area (Å²) in [6, 6.07) is 0.500. The molecule has 0 saturated heterocycles. The number of nitrogens with zero attached hydrogens (tertiary/aromatic N) is 1. The topological polar surface area (TPSA) is 63.4 Å². The second-order valence-corrected chi connectivity index (χ2v) is 5.19. The molecule has 0 amide bonds. The molecule has 1 atom stereocenters. The minimum Gasteiger partial charge on any atom is -0.304 e. The zero-order chi connectivity index (χ0) is 10.5. The Morgan fingerprint density at radius 3 is 2.38 bits per heavy atom. The Hall–Kier alpha value is -0.130. The minimum absolute atomic E-state index is 0.0772. The molecule has 0 saturated carbocycles. The lowest BCUT2D eigenvalue weighted by Gasteiger charge is -2.22. The number of sulfonamides is 1. The van der Waals surface area contributed by atoms with Crippen molar-refractivity contribution in [3.05, 3.63) is 0 Å². The van der Waals surface area contributed by atoms with Crippen LogP contribution in [-0.2, 0) is 10.0 Å². The van der Waals surface area contributed by atoms with Crippen LogP contribution in [0.15, 0.2) is 0 Å². The summed E-state index contributed by atoms with van der Waals surface area (Å²) in [6.07, 6.45) is 1.69. The molecule has 0 aromatic rings. The largest absolute Gasteiger partial charge is 0.304 e. The Bertz CT molecular complexity index is 226. The van der Waals surface area contributed by atoms with Gasteiger partial charge in [0.15, 0.2) is 0 Å². The number of rotatable bonds is 6. The van der Waals surface area contributed by atoms with E-state index in [0.717, 1.165) is 13.0 Å². The van der Waals surface area contributed by atoms with Crippen LogP contribution in [0, 0.1) is 0 Å². The van der Waals surface area contributed by atoms with Gasteiger partial charge in [-0.3, -0.25) is 0 Å². The van der Waals surface area contributed by atoms with E-state index >= 15 is 0 Å². The van der Waals surface area contributed by atoms with Gasteiger partial charge in [0, 0.05) is 6.04 Å². The standard InChI is InChI=1S/C8H20N2O2S/c1-4-8(2)10(3)6-5-7-13(9,11)12/h8H,4-7H2,1-3H3,(H2,9,11,12). The van der Waals surface area contributed by atoms with Crippen LogP contribution in [0.5, 0.6) is 0 Å². The van der Waals surface area contributed by atoms with Crippen LogP contribution in [-0.4, -0.2) is 38.7 Å². The Morgan fingerprint density at radius 1 is 1.46 bits per heavy atom. The summed E-state index contributed by atoms with van der Waals surface area (Å²) in [5.41, 5.74) is 0. The van der Waals surface area contributed by atoms with Gasteiger partial charge < -0.3 is 4.90 Å². The van der Waals surface area contributed by atoms with Crippen LogP contribution in [0.25, 0.3) is 0 Å². The van der Waals surface area contributed by atoms with E-state index < -0.39 is 10.0 Å². The van der Waals surface area contributed by atoms with Crippen molar-refractivity contribution in [3.8, 4) is 0 Å². The van der Waals surface area contributed by atoms with E-state index in [2.05, 4.69) is 18.7 Å². The van der Waals surface area contributed by atoms with Gasteiger partial charge in [-0.25, -0.2) is 13.6 Å². The highest BCUT2D eigenvalue weighted by molar-refractivity contribution is 7.89. The third-order valence-electron chi connectivity index (χ3n) is 2.28. The van der Waals surface area contributed by atoms with Crippen LogP contribution in [0.4, 0.5) is 0 Å². The first-order valence-corrected chi connectivity index (χ1v) is 6.29. The smallest absolute Gasteiger partial charge is 0.209 e. The molecule has 1 unspecified atom stereocenters. The summed E-state index contributed by atoms with van der Waals surface area (Å²) in [6.45, 7) is 5.02. The number of nitrogens with two attached hydrogens (primary N) is 1. The molecule has 13 heavy (non-hydrogen) atoms. The lowest BCUT2D eigenvalue weighted by molar-refractivity contribution is 0.253. The quantitative estimate of drug-likeness (QED) is 0.687. The molecule has 5 heteroatoms. The highest BCUT2D eigenvalue weighted by Gasteiger charge is 2.08. The van der Waals surface area contributed by atoms with Gasteiger partial charge in [-0.2, -0.15) is 0 Å². The summed E-state index contributed by atoms with van der Waals surface area (Å²) >= 11 is 0. The fourth-order valence-electron chi connectivity index (χ4n) is 1.05. The van der Waals surface area contributed by atoms with Gasteiger partial charge in [0.05, 0.1) is 5.75 Å². The normalized spacial score (nSPS) is 14.8. The molecule has 0 fully saturated rings. The van der Waals surface area contributed by atoms with Crippen LogP contribution < -0.4 is 5.14 Å². The molecule has 0 aromatic heterocycles. The van der Waals surface area contributed by atoms with E-state index in [9.17, 15) is 8.42 Å². The molecule has 0 spiro atoms. The molecular formula is C8H20N2O2S. The maximum atomic E-state index is 10.6. The molecule has 0 heterocycles. The van der Waals surface area contributed by atoms with Gasteiger partial charge >= 0.3 is 0 Å². The molecule has 0 rings (SSSR count). The minimum atomic E-state index is -3.28. The second-order valence-electron chi connectivity index (χ2n) is 3.46. The monoisotopic (exact) mass is 208 g/mol. The summed E-state index contributed by atoms with van der Waals surface area (Å²) in [7, 11) is -1.28. The fourth-order valence-corrected chi connectivity index (χ4v) is 1.58. The summed E-state index contributed by atoms with van der Waals surface area (Å²) in [4.78, 5) is 2.14. The average molecular weight is 208 g/mol. The molecule has 0 radical (unpaired) electrons. The van der Waals surface area contributed by atoms with Gasteiger partial charge in [0.2, 0.25) is 10.0 Å². The molecule has 0 bridgehead atoms. The second kappa shape index (κ2) is 5.57. The van der Waals surface area contributed by atoms with Crippen LogP contribution in [0.1, 0.15) is 26.7 Å². The summed E-state index contributed by atoms with van der Waals surface area (Å²) in [5.74, 6) is 0.0772. The third-order valence-corrected chi connectivity index (χ3v) is 3.14.